The lowest BCUT2D eigenvalue weighted by Gasteiger charge is -2.37. The fourth-order valence-electron chi connectivity index (χ4n) is 4.47. The van der Waals surface area contributed by atoms with Crippen LogP contribution in [-0.2, 0) is 24.9 Å². The van der Waals surface area contributed by atoms with E-state index in [4.69, 9.17) is 4.74 Å². The molecule has 1 aliphatic heterocycles. The van der Waals surface area contributed by atoms with Gasteiger partial charge in [-0.05, 0) is 31.6 Å². The quantitative estimate of drug-likeness (QED) is 0.795. The number of imidazole rings is 1. The number of hydrogen-bond donors (Lipinski definition) is 1. The molecule has 0 bridgehead atoms. The maximum absolute atomic E-state index is 13.1. The molecule has 2 fully saturated rings. The zero-order chi connectivity index (χ0) is 21.7. The number of ether oxygens (including phenoxy) is 1. The number of aromatic nitrogens is 4. The van der Waals surface area contributed by atoms with Gasteiger partial charge in [0.2, 0.25) is 0 Å². The summed E-state index contributed by atoms with van der Waals surface area (Å²) in [6, 6.07) is 0. The zero-order valence-corrected chi connectivity index (χ0v) is 16.7. The van der Waals surface area contributed by atoms with Crippen LogP contribution in [0.25, 0.3) is 11.2 Å². The van der Waals surface area contributed by atoms with Crippen molar-refractivity contribution >= 4 is 11.2 Å². The summed E-state index contributed by atoms with van der Waals surface area (Å²) in [4.78, 5) is 30.1. The Morgan fingerprint density at radius 3 is 2.53 bits per heavy atom. The van der Waals surface area contributed by atoms with E-state index in [2.05, 4.69) is 4.98 Å². The summed E-state index contributed by atoms with van der Waals surface area (Å²) in [6.07, 6.45) is -0.197. The van der Waals surface area contributed by atoms with Crippen molar-refractivity contribution in [3.63, 3.8) is 0 Å². The molecule has 0 amide bonds. The lowest BCUT2D eigenvalue weighted by atomic mass is 9.93. The Balaban J connectivity index is 1.61. The Morgan fingerprint density at radius 1 is 1.23 bits per heavy atom. The highest BCUT2D eigenvalue weighted by Crippen LogP contribution is 2.38. The summed E-state index contributed by atoms with van der Waals surface area (Å²) in [6.45, 7) is -0.454. The zero-order valence-electron chi connectivity index (χ0n) is 16.7. The molecule has 1 saturated heterocycles. The molecule has 2 aliphatic rings. The SMILES string of the molecule is Cn1c(=O)n(CC2CCC(O)(C(F)(F)F)CO2)c(=O)c2c1ncn2CC1CCCC1. The molecular formula is C19H25F3N4O4. The molecule has 0 spiro atoms. The van der Waals surface area contributed by atoms with Crippen molar-refractivity contribution in [3.05, 3.63) is 27.2 Å². The van der Waals surface area contributed by atoms with Gasteiger partial charge in [-0.2, -0.15) is 13.2 Å². The van der Waals surface area contributed by atoms with Crippen molar-refractivity contribution in [1.29, 1.82) is 0 Å². The van der Waals surface area contributed by atoms with E-state index < -0.39 is 42.2 Å². The van der Waals surface area contributed by atoms with Gasteiger partial charge in [-0.15, -0.1) is 0 Å². The topological polar surface area (TPSA) is 91.3 Å². The van der Waals surface area contributed by atoms with Crippen molar-refractivity contribution in [2.75, 3.05) is 6.61 Å². The average Bonchev–Trinajstić information content (AvgIpc) is 3.35. The minimum Gasteiger partial charge on any atom is -0.379 e. The maximum atomic E-state index is 13.1. The van der Waals surface area contributed by atoms with E-state index in [9.17, 15) is 27.9 Å². The lowest BCUT2D eigenvalue weighted by molar-refractivity contribution is -0.295. The van der Waals surface area contributed by atoms with E-state index in [0.29, 0.717) is 18.0 Å². The molecule has 1 aliphatic carbocycles. The fourth-order valence-corrected chi connectivity index (χ4v) is 4.47. The first-order chi connectivity index (χ1) is 14.1. The highest BCUT2D eigenvalue weighted by atomic mass is 19.4. The summed E-state index contributed by atoms with van der Waals surface area (Å²) >= 11 is 0. The van der Waals surface area contributed by atoms with Crippen LogP contribution in [0, 0.1) is 5.92 Å². The van der Waals surface area contributed by atoms with Crippen LogP contribution in [0.3, 0.4) is 0 Å². The third-order valence-corrected chi connectivity index (χ3v) is 6.38. The van der Waals surface area contributed by atoms with Crippen LogP contribution in [0.5, 0.6) is 0 Å². The first-order valence-electron chi connectivity index (χ1n) is 10.2. The molecule has 2 unspecified atom stereocenters. The van der Waals surface area contributed by atoms with E-state index in [1.807, 2.05) is 0 Å². The van der Waals surface area contributed by atoms with Crippen LogP contribution >= 0.6 is 0 Å². The minimum atomic E-state index is -4.80. The van der Waals surface area contributed by atoms with E-state index in [1.54, 1.807) is 10.9 Å². The lowest BCUT2D eigenvalue weighted by Crippen LogP contribution is -2.54. The Bertz CT molecular complexity index is 1040. The molecule has 2 aromatic rings. The molecule has 166 valence electrons. The highest BCUT2D eigenvalue weighted by Gasteiger charge is 2.55. The molecule has 30 heavy (non-hydrogen) atoms. The summed E-state index contributed by atoms with van der Waals surface area (Å²) in [5.74, 6) is 0.453. The molecule has 0 radical (unpaired) electrons. The molecule has 3 heterocycles. The smallest absolute Gasteiger partial charge is 0.379 e. The predicted molar refractivity (Wildman–Crippen MR) is 101 cm³/mol. The molecular weight excluding hydrogens is 405 g/mol. The number of rotatable bonds is 4. The van der Waals surface area contributed by atoms with E-state index in [0.717, 1.165) is 30.3 Å². The second-order valence-corrected chi connectivity index (χ2v) is 8.48. The normalized spacial score (nSPS) is 26.0. The summed E-state index contributed by atoms with van der Waals surface area (Å²) in [5, 5.41) is 9.73. The van der Waals surface area contributed by atoms with Gasteiger partial charge in [0.05, 0.1) is 25.6 Å². The van der Waals surface area contributed by atoms with Crippen LogP contribution in [0.15, 0.2) is 15.9 Å². The second kappa shape index (κ2) is 7.52. The monoisotopic (exact) mass is 430 g/mol. The van der Waals surface area contributed by atoms with E-state index >= 15 is 0 Å². The van der Waals surface area contributed by atoms with Crippen LogP contribution in [0.2, 0.25) is 0 Å². The highest BCUT2D eigenvalue weighted by molar-refractivity contribution is 5.69. The molecule has 11 heteroatoms. The van der Waals surface area contributed by atoms with Crippen LogP contribution in [0.1, 0.15) is 38.5 Å². The molecule has 1 N–H and O–H groups in total. The van der Waals surface area contributed by atoms with E-state index in [1.165, 1.54) is 11.6 Å². The first-order valence-corrected chi connectivity index (χ1v) is 10.2. The average molecular weight is 430 g/mol. The van der Waals surface area contributed by atoms with Gasteiger partial charge in [-0.25, -0.2) is 9.78 Å². The number of nitrogens with zero attached hydrogens (tertiary/aromatic N) is 4. The number of alkyl halides is 3. The third-order valence-electron chi connectivity index (χ3n) is 6.38. The molecule has 2 aromatic heterocycles. The minimum absolute atomic E-state index is 0.120. The van der Waals surface area contributed by atoms with Crippen LogP contribution in [0.4, 0.5) is 13.2 Å². The number of fused-ring (bicyclic) bond motifs is 1. The van der Waals surface area contributed by atoms with Gasteiger partial charge in [0, 0.05) is 13.6 Å². The molecule has 2 atom stereocenters. The van der Waals surface area contributed by atoms with Gasteiger partial charge >= 0.3 is 11.9 Å². The summed E-state index contributed by atoms with van der Waals surface area (Å²) in [7, 11) is 1.51. The number of aryl methyl sites for hydroxylation is 1. The van der Waals surface area contributed by atoms with Gasteiger partial charge < -0.3 is 14.4 Å². The van der Waals surface area contributed by atoms with Gasteiger partial charge in [-0.3, -0.25) is 13.9 Å². The summed E-state index contributed by atoms with van der Waals surface area (Å²) < 4.78 is 48.1. The number of aliphatic hydroxyl groups is 1. The summed E-state index contributed by atoms with van der Waals surface area (Å²) in [5.41, 5.74) is -3.42. The van der Waals surface area contributed by atoms with Gasteiger partial charge in [0.1, 0.15) is 0 Å². The van der Waals surface area contributed by atoms with Crippen molar-refractivity contribution in [2.45, 2.75) is 69.5 Å². The largest absolute Gasteiger partial charge is 0.419 e. The second-order valence-electron chi connectivity index (χ2n) is 8.48. The van der Waals surface area contributed by atoms with Crippen molar-refractivity contribution in [2.24, 2.45) is 13.0 Å². The fraction of sp³-hybridized carbons (Fsp3) is 0.737. The number of hydrogen-bond acceptors (Lipinski definition) is 5. The molecule has 0 aromatic carbocycles. The Kier molecular flexibility index (Phi) is 5.29. The third kappa shape index (κ3) is 3.58. The van der Waals surface area contributed by atoms with Crippen LogP contribution < -0.4 is 11.2 Å². The van der Waals surface area contributed by atoms with Gasteiger partial charge in [0.25, 0.3) is 5.56 Å². The maximum Gasteiger partial charge on any atom is 0.419 e. The molecule has 1 saturated carbocycles. The van der Waals surface area contributed by atoms with Crippen molar-refractivity contribution in [1.82, 2.24) is 18.7 Å². The van der Waals surface area contributed by atoms with Gasteiger partial charge in [-0.1, -0.05) is 12.8 Å². The van der Waals surface area contributed by atoms with Crippen molar-refractivity contribution < 1.29 is 23.0 Å². The van der Waals surface area contributed by atoms with Gasteiger partial charge in [0.15, 0.2) is 16.8 Å². The van der Waals surface area contributed by atoms with E-state index in [-0.39, 0.29) is 18.6 Å². The number of halogens is 3. The van der Waals surface area contributed by atoms with Crippen molar-refractivity contribution in [3.8, 4) is 0 Å². The van der Waals surface area contributed by atoms with Crippen LogP contribution in [-0.4, -0.2) is 48.3 Å². The molecule has 4 rings (SSSR count). The Morgan fingerprint density at radius 2 is 1.93 bits per heavy atom. The Hall–Kier alpha value is -2.14. The standard InChI is InChI=1S/C19H25F3N4O4/c1-24-15-14(25(11-23-15)8-12-4-2-3-5-12)16(27)26(17(24)28)9-13-6-7-18(29,10-30-13)19(20,21)22/h11-13,29H,2-10H2,1H3. The Labute approximate surface area is 169 Å². The first kappa shape index (κ1) is 21.1. The predicted octanol–water partition coefficient (Wildman–Crippen LogP) is 1.56. The molecule has 8 nitrogen and oxygen atoms in total.